The summed E-state index contributed by atoms with van der Waals surface area (Å²) in [6.45, 7) is 0.554. The van der Waals surface area contributed by atoms with Crippen LogP contribution in [0.15, 0.2) is 48.5 Å². The predicted molar refractivity (Wildman–Crippen MR) is 95.5 cm³/mol. The van der Waals surface area contributed by atoms with Gasteiger partial charge in [-0.1, -0.05) is 36.4 Å². The molecule has 5 nitrogen and oxygen atoms in total. The molecule has 2 aromatic rings. The van der Waals surface area contributed by atoms with E-state index in [0.29, 0.717) is 12.4 Å². The third-order valence-electron chi connectivity index (χ3n) is 5.34. The zero-order valence-corrected chi connectivity index (χ0v) is 14.7. The molecular formula is C21H19FN2O3. The van der Waals surface area contributed by atoms with Crippen molar-refractivity contribution in [2.24, 2.45) is 5.41 Å². The van der Waals surface area contributed by atoms with Crippen molar-refractivity contribution >= 4 is 6.09 Å². The molecule has 1 unspecified atom stereocenters. The van der Waals surface area contributed by atoms with Crippen molar-refractivity contribution in [3.05, 3.63) is 65.5 Å². The van der Waals surface area contributed by atoms with Crippen LogP contribution in [0.5, 0.6) is 5.75 Å². The van der Waals surface area contributed by atoms with Crippen molar-refractivity contribution in [1.82, 2.24) is 5.32 Å². The zero-order chi connectivity index (χ0) is 18.9. The van der Waals surface area contributed by atoms with Gasteiger partial charge >= 0.3 is 6.09 Å². The molecule has 6 heteroatoms. The molecule has 27 heavy (non-hydrogen) atoms. The predicted octanol–water partition coefficient (Wildman–Crippen LogP) is 3.90. The van der Waals surface area contributed by atoms with Gasteiger partial charge in [0.25, 0.3) is 0 Å². The van der Waals surface area contributed by atoms with Crippen LogP contribution in [0.1, 0.15) is 29.9 Å². The second kappa shape index (κ2) is 6.92. The molecule has 0 radical (unpaired) electrons. The molecule has 1 spiro atoms. The summed E-state index contributed by atoms with van der Waals surface area (Å²) in [6.07, 6.45) is 1.18. The number of alkyl carbamates (subject to hydrolysis) is 1. The van der Waals surface area contributed by atoms with Crippen molar-refractivity contribution in [2.45, 2.75) is 31.4 Å². The number of rotatable bonds is 4. The van der Waals surface area contributed by atoms with Crippen molar-refractivity contribution < 1.29 is 18.7 Å². The minimum atomic E-state index is -0.774. The molecule has 0 aromatic heterocycles. The number of nitrogens with zero attached hydrogens (tertiary/aromatic N) is 1. The molecule has 1 N–H and O–H groups in total. The maximum Gasteiger partial charge on any atom is 0.408 e. The molecule has 0 saturated heterocycles. The van der Waals surface area contributed by atoms with Crippen molar-refractivity contribution in [2.75, 3.05) is 6.61 Å². The molecule has 1 aliphatic carbocycles. The molecule has 2 aromatic carbocycles. The van der Waals surface area contributed by atoms with E-state index in [-0.39, 0.29) is 23.8 Å². The summed E-state index contributed by atoms with van der Waals surface area (Å²) in [6, 6.07) is 15.1. The number of nitriles is 1. The Labute approximate surface area is 156 Å². The van der Waals surface area contributed by atoms with E-state index >= 15 is 0 Å². The molecule has 1 aliphatic heterocycles. The van der Waals surface area contributed by atoms with E-state index in [0.717, 1.165) is 24.0 Å². The van der Waals surface area contributed by atoms with Crippen molar-refractivity contribution in [3.63, 3.8) is 0 Å². The molecule has 1 heterocycles. The second-order valence-corrected chi connectivity index (χ2v) is 7.12. The summed E-state index contributed by atoms with van der Waals surface area (Å²) < 4.78 is 24.5. The van der Waals surface area contributed by atoms with Gasteiger partial charge in [-0.05, 0) is 24.5 Å². The first-order valence-electron chi connectivity index (χ1n) is 8.90. The number of hydrogen-bond donors (Lipinski definition) is 1. The number of nitrogens with one attached hydrogen (secondary N) is 1. The fourth-order valence-electron chi connectivity index (χ4n) is 3.76. The van der Waals surface area contributed by atoms with Gasteiger partial charge in [0.05, 0.1) is 12.7 Å². The van der Waals surface area contributed by atoms with Crippen LogP contribution in [0.3, 0.4) is 0 Å². The van der Waals surface area contributed by atoms with Gasteiger partial charge in [-0.2, -0.15) is 5.26 Å². The summed E-state index contributed by atoms with van der Waals surface area (Å²) in [4.78, 5) is 12.3. The summed E-state index contributed by atoms with van der Waals surface area (Å²) >= 11 is 0. The highest BCUT2D eigenvalue weighted by molar-refractivity contribution is 5.68. The maximum absolute atomic E-state index is 13.5. The van der Waals surface area contributed by atoms with Gasteiger partial charge in [-0.15, -0.1) is 0 Å². The van der Waals surface area contributed by atoms with Gasteiger partial charge in [0, 0.05) is 23.0 Å². The van der Waals surface area contributed by atoms with Crippen LogP contribution in [0.25, 0.3) is 0 Å². The second-order valence-electron chi connectivity index (χ2n) is 7.12. The minimum Gasteiger partial charge on any atom is -0.493 e. The van der Waals surface area contributed by atoms with Crippen molar-refractivity contribution in [1.29, 1.82) is 5.26 Å². The normalized spacial score (nSPS) is 19.9. The third-order valence-corrected chi connectivity index (χ3v) is 5.34. The van der Waals surface area contributed by atoms with Crippen LogP contribution in [0, 0.1) is 22.6 Å². The first-order valence-corrected chi connectivity index (χ1v) is 8.90. The van der Waals surface area contributed by atoms with Crippen LogP contribution >= 0.6 is 0 Å². The van der Waals surface area contributed by atoms with Crippen molar-refractivity contribution in [3.8, 4) is 11.8 Å². The average molecular weight is 366 g/mol. The molecule has 1 fully saturated rings. The lowest BCUT2D eigenvalue weighted by molar-refractivity contribution is 0.126. The van der Waals surface area contributed by atoms with E-state index in [2.05, 4.69) is 11.4 Å². The highest BCUT2D eigenvalue weighted by Gasteiger charge is 2.56. The molecular weight excluding hydrogens is 347 g/mol. The highest BCUT2D eigenvalue weighted by atomic mass is 19.1. The summed E-state index contributed by atoms with van der Waals surface area (Å²) in [5.74, 6) is -0.198. The van der Waals surface area contributed by atoms with E-state index in [9.17, 15) is 14.4 Å². The lowest BCUT2D eigenvalue weighted by Crippen LogP contribution is -2.44. The van der Waals surface area contributed by atoms with Gasteiger partial charge in [0.2, 0.25) is 0 Å². The number of hydrogen-bond acceptors (Lipinski definition) is 4. The fourth-order valence-corrected chi connectivity index (χ4v) is 3.76. The fraction of sp³-hybridized carbons (Fsp3) is 0.333. The van der Waals surface area contributed by atoms with Crippen LogP contribution in [-0.4, -0.2) is 18.7 Å². The summed E-state index contributed by atoms with van der Waals surface area (Å²) in [7, 11) is 0. The standard InChI is InChI=1S/C21H19FN2O3/c22-15-6-7-16-18(10-15)27-13-21(8-9-21)19(16)17(11-23)24-20(25)26-12-14-4-2-1-3-5-14/h1-7,10,17,19H,8-9,12-13H2,(H,24,25)/t17-,19?/m1/s1. The summed E-state index contributed by atoms with van der Waals surface area (Å²) in [5.41, 5.74) is 1.44. The Bertz CT molecular complexity index is 890. The number of carbonyl (C=O) groups excluding carboxylic acids is 1. The number of carbonyl (C=O) groups is 1. The Morgan fingerprint density at radius 3 is 2.81 bits per heavy atom. The van der Waals surface area contributed by atoms with Crippen LogP contribution in [-0.2, 0) is 11.3 Å². The van der Waals surface area contributed by atoms with Crippen LogP contribution in [0.2, 0.25) is 0 Å². The SMILES string of the molecule is N#C[C@@H](NC(=O)OCc1ccccc1)C1c2ccc(F)cc2OCC12CC2. The Morgan fingerprint density at radius 2 is 2.11 bits per heavy atom. The van der Waals surface area contributed by atoms with Crippen LogP contribution < -0.4 is 10.1 Å². The lowest BCUT2D eigenvalue weighted by atomic mass is 9.76. The van der Waals surface area contributed by atoms with E-state index in [1.54, 1.807) is 6.07 Å². The lowest BCUT2D eigenvalue weighted by Gasteiger charge is -2.36. The largest absolute Gasteiger partial charge is 0.493 e. The first-order chi connectivity index (χ1) is 13.1. The van der Waals surface area contributed by atoms with Gasteiger partial charge in [-0.3, -0.25) is 0 Å². The Morgan fingerprint density at radius 1 is 1.33 bits per heavy atom. The van der Waals surface area contributed by atoms with E-state index in [4.69, 9.17) is 9.47 Å². The molecule has 2 aliphatic rings. The Balaban J connectivity index is 1.50. The molecule has 4 rings (SSSR count). The van der Waals surface area contributed by atoms with Gasteiger partial charge < -0.3 is 14.8 Å². The van der Waals surface area contributed by atoms with Crippen LogP contribution in [0.4, 0.5) is 9.18 Å². The number of ether oxygens (including phenoxy) is 2. The van der Waals surface area contributed by atoms with Gasteiger partial charge in [0.15, 0.2) is 0 Å². The number of fused-ring (bicyclic) bond motifs is 1. The van der Waals surface area contributed by atoms with E-state index < -0.39 is 12.1 Å². The molecule has 138 valence electrons. The quantitative estimate of drug-likeness (QED) is 0.891. The van der Waals surface area contributed by atoms with Gasteiger partial charge in [-0.25, -0.2) is 9.18 Å². The molecule has 2 atom stereocenters. The maximum atomic E-state index is 13.5. The third kappa shape index (κ3) is 3.45. The first kappa shape index (κ1) is 17.3. The number of benzene rings is 2. The van der Waals surface area contributed by atoms with Gasteiger partial charge in [0.1, 0.15) is 24.2 Å². The molecule has 1 amide bonds. The number of amides is 1. The summed E-state index contributed by atoms with van der Waals surface area (Å²) in [5, 5.41) is 12.4. The van der Waals surface area contributed by atoms with E-state index in [1.165, 1.54) is 12.1 Å². The zero-order valence-electron chi connectivity index (χ0n) is 14.7. The number of halogens is 1. The topological polar surface area (TPSA) is 71.4 Å². The minimum absolute atomic E-state index is 0.130. The Kier molecular flexibility index (Phi) is 4.44. The smallest absolute Gasteiger partial charge is 0.408 e. The molecule has 1 saturated carbocycles. The molecule has 0 bridgehead atoms. The monoisotopic (exact) mass is 366 g/mol. The highest BCUT2D eigenvalue weighted by Crippen LogP contribution is 2.61. The van der Waals surface area contributed by atoms with E-state index in [1.807, 2.05) is 30.3 Å². The Hall–Kier alpha value is -3.07. The average Bonchev–Trinajstić information content (AvgIpc) is 3.46.